The van der Waals surface area contributed by atoms with Crippen molar-refractivity contribution in [1.29, 1.82) is 0 Å². The number of rotatable bonds is 4. The number of aromatic carboxylic acids is 1. The molecule has 2 heterocycles. The molecule has 0 aliphatic carbocycles. The Labute approximate surface area is 144 Å². The molecule has 0 saturated heterocycles. The highest BCUT2D eigenvalue weighted by Gasteiger charge is 2.19. The molecule has 0 unspecified atom stereocenters. The Hall–Kier alpha value is -2.79. The van der Waals surface area contributed by atoms with Crippen LogP contribution in [0.15, 0.2) is 34.5 Å². The van der Waals surface area contributed by atoms with Gasteiger partial charge < -0.3 is 10.2 Å². The Morgan fingerprint density at radius 1 is 1.32 bits per heavy atom. The number of aromatic nitrogens is 3. The summed E-state index contributed by atoms with van der Waals surface area (Å²) in [6, 6.07) is 4.66. The molecule has 0 spiro atoms. The third kappa shape index (κ3) is 3.23. The summed E-state index contributed by atoms with van der Waals surface area (Å²) < 4.78 is 37.9. The number of carboxylic acids is 1. The van der Waals surface area contributed by atoms with Crippen molar-refractivity contribution in [2.24, 2.45) is 0 Å². The first-order valence-corrected chi connectivity index (χ1v) is 9.42. The number of carbonyl (C=O) groups is 1. The molecule has 0 aliphatic rings. The van der Waals surface area contributed by atoms with E-state index in [1.165, 1.54) is 17.5 Å². The van der Waals surface area contributed by atoms with Crippen LogP contribution in [0.1, 0.15) is 10.5 Å². The average Bonchev–Trinajstić information content (AvgIpc) is 3.13. The van der Waals surface area contributed by atoms with Crippen LogP contribution in [0.5, 0.6) is 5.88 Å². The molecule has 0 bridgehead atoms. The van der Waals surface area contributed by atoms with Crippen LogP contribution in [0, 0.1) is 5.82 Å². The van der Waals surface area contributed by atoms with E-state index in [-0.39, 0.29) is 28.0 Å². The molecule has 2 aromatic heterocycles. The second kappa shape index (κ2) is 5.93. The molecule has 1 aromatic carbocycles. The fourth-order valence-corrected chi connectivity index (χ4v) is 3.58. The number of aromatic hydroxyl groups is 1. The van der Waals surface area contributed by atoms with E-state index in [4.69, 9.17) is 5.11 Å². The average molecular weight is 383 g/mol. The Morgan fingerprint density at radius 2 is 2.04 bits per heavy atom. The molecule has 25 heavy (non-hydrogen) atoms. The Balaban J connectivity index is 2.07. The highest BCUT2D eigenvalue weighted by Crippen LogP contribution is 2.29. The third-order valence-corrected chi connectivity index (χ3v) is 5.14. The fraction of sp³-hybridized carbons (Fsp3) is 0.0714. The van der Waals surface area contributed by atoms with Crippen LogP contribution in [-0.4, -0.2) is 45.6 Å². The minimum Gasteiger partial charge on any atom is -0.493 e. The third-order valence-electron chi connectivity index (χ3n) is 3.21. The minimum absolute atomic E-state index is 0.117. The van der Waals surface area contributed by atoms with Gasteiger partial charge >= 0.3 is 5.97 Å². The van der Waals surface area contributed by atoms with E-state index in [1.54, 1.807) is 0 Å². The Kier molecular flexibility index (Phi) is 4.05. The van der Waals surface area contributed by atoms with E-state index in [9.17, 15) is 22.7 Å². The first-order chi connectivity index (χ1) is 11.7. The van der Waals surface area contributed by atoms with Crippen molar-refractivity contribution >= 4 is 27.1 Å². The van der Waals surface area contributed by atoms with Crippen LogP contribution in [0.3, 0.4) is 0 Å². The zero-order chi connectivity index (χ0) is 18.4. The topological polar surface area (TPSA) is 122 Å². The van der Waals surface area contributed by atoms with Gasteiger partial charge in [-0.25, -0.2) is 22.6 Å². The van der Waals surface area contributed by atoms with Crippen molar-refractivity contribution < 1.29 is 27.8 Å². The molecule has 3 rings (SSSR count). The molecule has 0 atom stereocenters. The van der Waals surface area contributed by atoms with Crippen molar-refractivity contribution in [2.75, 3.05) is 6.26 Å². The maximum Gasteiger partial charge on any atom is 0.355 e. The molecule has 11 heteroatoms. The number of halogens is 1. The van der Waals surface area contributed by atoms with Gasteiger partial charge in [-0.2, -0.15) is 9.78 Å². The molecule has 0 radical (unpaired) electrons. The SMILES string of the molecule is CS(=O)(=O)c1cc(-c2cc(O)n(-c3nc(C(=O)O)cs3)n2)ccc1F. The van der Waals surface area contributed by atoms with Gasteiger partial charge in [0.05, 0.1) is 5.69 Å². The van der Waals surface area contributed by atoms with Gasteiger partial charge in [-0.15, -0.1) is 11.3 Å². The van der Waals surface area contributed by atoms with Crippen molar-refractivity contribution in [3.05, 3.63) is 41.2 Å². The summed E-state index contributed by atoms with van der Waals surface area (Å²) in [5.41, 5.74) is 0.248. The maximum atomic E-state index is 13.7. The zero-order valence-electron chi connectivity index (χ0n) is 12.5. The van der Waals surface area contributed by atoms with Gasteiger partial charge in [0.2, 0.25) is 11.0 Å². The molecule has 0 amide bonds. The van der Waals surface area contributed by atoms with Crippen molar-refractivity contribution in [1.82, 2.24) is 14.8 Å². The van der Waals surface area contributed by atoms with Gasteiger partial charge in [0.15, 0.2) is 15.5 Å². The van der Waals surface area contributed by atoms with Crippen LogP contribution < -0.4 is 0 Å². The van der Waals surface area contributed by atoms with Gasteiger partial charge in [0, 0.05) is 23.3 Å². The summed E-state index contributed by atoms with van der Waals surface area (Å²) in [4.78, 5) is 14.2. The van der Waals surface area contributed by atoms with Crippen molar-refractivity contribution in [2.45, 2.75) is 4.90 Å². The van der Waals surface area contributed by atoms with E-state index >= 15 is 0 Å². The number of carboxylic acid groups (broad SMARTS) is 1. The normalized spacial score (nSPS) is 11.6. The summed E-state index contributed by atoms with van der Waals surface area (Å²) in [5, 5.41) is 24.4. The quantitative estimate of drug-likeness (QED) is 0.706. The van der Waals surface area contributed by atoms with Gasteiger partial charge in [0.1, 0.15) is 10.7 Å². The second-order valence-electron chi connectivity index (χ2n) is 5.04. The van der Waals surface area contributed by atoms with E-state index in [1.807, 2.05) is 0 Å². The van der Waals surface area contributed by atoms with E-state index in [2.05, 4.69) is 10.1 Å². The van der Waals surface area contributed by atoms with Crippen molar-refractivity contribution in [3.8, 4) is 22.3 Å². The Bertz CT molecular complexity index is 1090. The van der Waals surface area contributed by atoms with E-state index in [0.717, 1.165) is 34.4 Å². The van der Waals surface area contributed by atoms with Crippen LogP contribution >= 0.6 is 11.3 Å². The smallest absolute Gasteiger partial charge is 0.355 e. The van der Waals surface area contributed by atoms with Gasteiger partial charge in [0.25, 0.3) is 0 Å². The Morgan fingerprint density at radius 3 is 2.64 bits per heavy atom. The highest BCUT2D eigenvalue weighted by atomic mass is 32.2. The molecule has 0 aliphatic heterocycles. The summed E-state index contributed by atoms with van der Waals surface area (Å²) in [5.74, 6) is -2.43. The highest BCUT2D eigenvalue weighted by molar-refractivity contribution is 7.90. The van der Waals surface area contributed by atoms with Crippen LogP contribution in [-0.2, 0) is 9.84 Å². The predicted molar refractivity (Wildman–Crippen MR) is 86.4 cm³/mol. The van der Waals surface area contributed by atoms with Crippen molar-refractivity contribution in [3.63, 3.8) is 0 Å². The lowest BCUT2D eigenvalue weighted by atomic mass is 10.1. The van der Waals surface area contributed by atoms with E-state index in [0.29, 0.717) is 0 Å². The second-order valence-corrected chi connectivity index (χ2v) is 7.86. The summed E-state index contributed by atoms with van der Waals surface area (Å²) in [7, 11) is -3.77. The van der Waals surface area contributed by atoms with Crippen LogP contribution in [0.25, 0.3) is 16.4 Å². The first-order valence-electron chi connectivity index (χ1n) is 6.65. The number of hydrogen-bond donors (Lipinski definition) is 2. The summed E-state index contributed by atoms with van der Waals surface area (Å²) >= 11 is 0.956. The van der Waals surface area contributed by atoms with Crippen LogP contribution in [0.2, 0.25) is 0 Å². The lowest BCUT2D eigenvalue weighted by molar-refractivity contribution is 0.0691. The molecule has 3 aromatic rings. The minimum atomic E-state index is -3.77. The number of thiazole rings is 1. The maximum absolute atomic E-state index is 13.7. The first kappa shape index (κ1) is 17.0. The number of sulfone groups is 1. The van der Waals surface area contributed by atoms with Gasteiger partial charge in [-0.05, 0) is 18.2 Å². The van der Waals surface area contributed by atoms with E-state index < -0.39 is 26.5 Å². The number of nitrogens with zero attached hydrogens (tertiary/aromatic N) is 3. The zero-order valence-corrected chi connectivity index (χ0v) is 14.2. The summed E-state index contributed by atoms with van der Waals surface area (Å²) in [6.07, 6.45) is 0.883. The summed E-state index contributed by atoms with van der Waals surface area (Å²) in [6.45, 7) is 0. The monoisotopic (exact) mass is 383 g/mol. The molecule has 0 saturated carbocycles. The lowest BCUT2D eigenvalue weighted by Gasteiger charge is -2.03. The molecule has 8 nitrogen and oxygen atoms in total. The standard InChI is InChI=1S/C14H10FN3O5S2/c1-25(22,23)11-4-7(2-3-8(11)15)9-5-12(19)18(17-9)14-16-10(6-24-14)13(20)21/h2-6,19H,1H3,(H,20,21). The molecule has 130 valence electrons. The van der Waals surface area contributed by atoms with Crippen LogP contribution in [0.4, 0.5) is 4.39 Å². The van der Waals surface area contributed by atoms with Gasteiger partial charge in [-0.1, -0.05) is 0 Å². The molecule has 0 fully saturated rings. The fourth-order valence-electron chi connectivity index (χ4n) is 2.06. The molecular formula is C14H10FN3O5S2. The number of benzene rings is 1. The van der Waals surface area contributed by atoms with Gasteiger partial charge in [-0.3, -0.25) is 0 Å². The molecular weight excluding hydrogens is 373 g/mol. The molecule has 2 N–H and O–H groups in total. The largest absolute Gasteiger partial charge is 0.493 e. The number of hydrogen-bond acceptors (Lipinski definition) is 7. The lowest BCUT2D eigenvalue weighted by Crippen LogP contribution is -2.01. The predicted octanol–water partition coefficient (Wildman–Crippen LogP) is 1.94.